The maximum atomic E-state index is 13.4. The summed E-state index contributed by atoms with van der Waals surface area (Å²) in [7, 11) is 0. The van der Waals surface area contributed by atoms with Gasteiger partial charge in [0.05, 0.1) is 31.8 Å². The molecule has 1 amide bonds. The first kappa shape index (κ1) is 16.2. The summed E-state index contributed by atoms with van der Waals surface area (Å²) in [5, 5.41) is 13.1. The number of rotatable bonds is 3. The lowest BCUT2D eigenvalue weighted by atomic mass is 10.1. The smallest absolute Gasteiger partial charge is 0.274 e. The summed E-state index contributed by atoms with van der Waals surface area (Å²) >= 11 is 11.4. The van der Waals surface area contributed by atoms with Crippen molar-refractivity contribution in [3.05, 3.63) is 67.4 Å². The van der Waals surface area contributed by atoms with Gasteiger partial charge in [-0.3, -0.25) is 14.9 Å². The molecule has 2 aromatic rings. The first-order chi connectivity index (χ1) is 10.3. The van der Waals surface area contributed by atoms with E-state index < -0.39 is 16.6 Å². The van der Waals surface area contributed by atoms with E-state index in [2.05, 4.69) is 5.32 Å². The van der Waals surface area contributed by atoms with Gasteiger partial charge in [0.1, 0.15) is 5.82 Å². The van der Waals surface area contributed by atoms with E-state index >= 15 is 0 Å². The minimum atomic E-state index is -0.785. The number of nitrogens with one attached hydrogen (secondary N) is 1. The largest absolute Gasteiger partial charge is 0.321 e. The first-order valence-electron chi connectivity index (χ1n) is 6.01. The zero-order valence-corrected chi connectivity index (χ0v) is 12.7. The zero-order chi connectivity index (χ0) is 16.4. The summed E-state index contributed by atoms with van der Waals surface area (Å²) < 4.78 is 13.4. The van der Waals surface area contributed by atoms with Crippen LogP contribution in [0.1, 0.15) is 15.9 Å². The molecule has 5 nitrogen and oxygen atoms in total. The molecule has 2 rings (SSSR count). The predicted molar refractivity (Wildman–Crippen MR) is 82.2 cm³/mol. The van der Waals surface area contributed by atoms with Crippen LogP contribution in [-0.2, 0) is 0 Å². The zero-order valence-electron chi connectivity index (χ0n) is 11.2. The molecule has 0 radical (unpaired) electrons. The third-order valence-corrected chi connectivity index (χ3v) is 3.61. The molecule has 0 saturated carbocycles. The highest BCUT2D eigenvalue weighted by Gasteiger charge is 2.18. The molecule has 2 aromatic carbocycles. The molecule has 1 N–H and O–H groups in total. The lowest BCUT2D eigenvalue weighted by Crippen LogP contribution is -2.14. The second kappa shape index (κ2) is 6.29. The average molecular weight is 343 g/mol. The van der Waals surface area contributed by atoms with Crippen LogP contribution in [0.4, 0.5) is 15.8 Å². The number of hydrogen-bond donors (Lipinski definition) is 1. The van der Waals surface area contributed by atoms with Crippen LogP contribution in [0.5, 0.6) is 0 Å². The van der Waals surface area contributed by atoms with Crippen molar-refractivity contribution in [2.45, 2.75) is 6.92 Å². The quantitative estimate of drug-likeness (QED) is 0.503. The van der Waals surface area contributed by atoms with Crippen molar-refractivity contribution in [2.75, 3.05) is 5.32 Å². The molecule has 0 aliphatic carbocycles. The Morgan fingerprint density at radius 3 is 2.59 bits per heavy atom. The summed E-state index contributed by atoms with van der Waals surface area (Å²) in [4.78, 5) is 22.5. The van der Waals surface area contributed by atoms with E-state index in [-0.39, 0.29) is 32.5 Å². The highest BCUT2D eigenvalue weighted by Crippen LogP contribution is 2.28. The van der Waals surface area contributed by atoms with Gasteiger partial charge in [-0.05, 0) is 25.1 Å². The lowest BCUT2D eigenvalue weighted by molar-refractivity contribution is -0.385. The van der Waals surface area contributed by atoms with Gasteiger partial charge in [0.25, 0.3) is 11.6 Å². The maximum Gasteiger partial charge on any atom is 0.274 e. The van der Waals surface area contributed by atoms with Crippen molar-refractivity contribution in [1.82, 2.24) is 0 Å². The van der Waals surface area contributed by atoms with Crippen molar-refractivity contribution in [3.8, 4) is 0 Å². The number of nitrogens with zero attached hydrogens (tertiary/aromatic N) is 1. The van der Waals surface area contributed by atoms with E-state index in [1.165, 1.54) is 25.1 Å². The van der Waals surface area contributed by atoms with Gasteiger partial charge in [0.15, 0.2) is 0 Å². The van der Waals surface area contributed by atoms with Gasteiger partial charge in [0, 0.05) is 6.07 Å². The fraction of sp³-hybridized carbons (Fsp3) is 0.0714. The van der Waals surface area contributed by atoms with E-state index in [1.807, 2.05) is 0 Å². The van der Waals surface area contributed by atoms with Crippen LogP contribution in [0.2, 0.25) is 10.0 Å². The Morgan fingerprint density at radius 2 is 1.95 bits per heavy atom. The van der Waals surface area contributed by atoms with Crippen LogP contribution < -0.4 is 5.32 Å². The molecule has 114 valence electrons. The van der Waals surface area contributed by atoms with Crippen molar-refractivity contribution in [3.63, 3.8) is 0 Å². The minimum absolute atomic E-state index is 0.0213. The SMILES string of the molecule is Cc1c(NC(=O)c2cc(F)c(Cl)cc2Cl)cccc1[N+](=O)[O-]. The molecule has 0 unspecified atom stereocenters. The Bertz CT molecular complexity index is 781. The standard InChI is InChI=1S/C14H9Cl2FN2O3/c1-7-12(3-2-4-13(7)19(21)22)18-14(20)8-5-11(17)10(16)6-9(8)15/h2-6H,1H3,(H,18,20). The summed E-state index contributed by atoms with van der Waals surface area (Å²) in [6.07, 6.45) is 0. The van der Waals surface area contributed by atoms with E-state index in [0.29, 0.717) is 0 Å². The molecule has 0 spiro atoms. The number of carbonyl (C=O) groups is 1. The average Bonchev–Trinajstić information content (AvgIpc) is 2.44. The number of halogens is 3. The molecule has 22 heavy (non-hydrogen) atoms. The normalized spacial score (nSPS) is 10.4. The molecule has 0 atom stereocenters. The molecular weight excluding hydrogens is 334 g/mol. The van der Waals surface area contributed by atoms with Gasteiger partial charge >= 0.3 is 0 Å². The third-order valence-electron chi connectivity index (χ3n) is 3.00. The fourth-order valence-electron chi connectivity index (χ4n) is 1.84. The number of nitro groups is 1. The predicted octanol–water partition coefficient (Wildman–Crippen LogP) is 4.60. The number of hydrogen-bond acceptors (Lipinski definition) is 3. The van der Waals surface area contributed by atoms with Crippen LogP contribution in [0, 0.1) is 22.9 Å². The molecule has 0 aliphatic rings. The van der Waals surface area contributed by atoms with E-state index in [0.717, 1.165) is 12.1 Å². The van der Waals surface area contributed by atoms with Gasteiger partial charge < -0.3 is 5.32 Å². The number of benzene rings is 2. The highest BCUT2D eigenvalue weighted by atomic mass is 35.5. The second-order valence-electron chi connectivity index (χ2n) is 4.41. The topological polar surface area (TPSA) is 72.2 Å². The maximum absolute atomic E-state index is 13.4. The number of amides is 1. The van der Waals surface area contributed by atoms with Crippen molar-refractivity contribution >= 4 is 40.5 Å². The van der Waals surface area contributed by atoms with Crippen LogP contribution in [0.3, 0.4) is 0 Å². The van der Waals surface area contributed by atoms with E-state index in [9.17, 15) is 19.3 Å². The molecule has 8 heteroatoms. The molecule has 0 saturated heterocycles. The van der Waals surface area contributed by atoms with Gasteiger partial charge in [0.2, 0.25) is 0 Å². The Labute approximate surface area is 134 Å². The molecule has 0 aromatic heterocycles. The van der Waals surface area contributed by atoms with Crippen LogP contribution in [-0.4, -0.2) is 10.8 Å². The third kappa shape index (κ3) is 3.18. The first-order valence-corrected chi connectivity index (χ1v) is 6.76. The van der Waals surface area contributed by atoms with Crippen molar-refractivity contribution in [1.29, 1.82) is 0 Å². The summed E-state index contributed by atoms with van der Waals surface area (Å²) in [6, 6.07) is 6.28. The monoisotopic (exact) mass is 342 g/mol. The number of anilines is 1. The summed E-state index contributed by atoms with van der Waals surface area (Å²) in [5.41, 5.74) is 0.276. The van der Waals surface area contributed by atoms with Gasteiger partial charge in [-0.25, -0.2) is 4.39 Å². The van der Waals surface area contributed by atoms with Crippen LogP contribution in [0.25, 0.3) is 0 Å². The van der Waals surface area contributed by atoms with Crippen LogP contribution in [0.15, 0.2) is 30.3 Å². The van der Waals surface area contributed by atoms with Gasteiger partial charge in [-0.15, -0.1) is 0 Å². The molecule has 0 fully saturated rings. The molecule has 0 heterocycles. The number of nitro benzene ring substituents is 1. The Balaban J connectivity index is 2.36. The molecular formula is C14H9Cl2FN2O3. The van der Waals surface area contributed by atoms with E-state index in [4.69, 9.17) is 23.2 Å². The Hall–Kier alpha value is -2.18. The Kier molecular flexibility index (Phi) is 4.63. The fourth-order valence-corrected chi connectivity index (χ4v) is 2.31. The highest BCUT2D eigenvalue weighted by molar-refractivity contribution is 6.37. The van der Waals surface area contributed by atoms with Gasteiger partial charge in [-0.2, -0.15) is 0 Å². The van der Waals surface area contributed by atoms with Crippen molar-refractivity contribution < 1.29 is 14.1 Å². The van der Waals surface area contributed by atoms with Gasteiger partial charge in [-0.1, -0.05) is 29.3 Å². The van der Waals surface area contributed by atoms with Crippen molar-refractivity contribution in [2.24, 2.45) is 0 Å². The minimum Gasteiger partial charge on any atom is -0.321 e. The van der Waals surface area contributed by atoms with E-state index in [1.54, 1.807) is 0 Å². The summed E-state index contributed by atoms with van der Waals surface area (Å²) in [6.45, 7) is 1.50. The Morgan fingerprint density at radius 1 is 1.27 bits per heavy atom. The molecule has 0 bridgehead atoms. The summed E-state index contributed by atoms with van der Waals surface area (Å²) in [5.74, 6) is -1.48. The second-order valence-corrected chi connectivity index (χ2v) is 5.22. The lowest BCUT2D eigenvalue weighted by Gasteiger charge is -2.10. The molecule has 0 aliphatic heterocycles. The number of carbonyl (C=O) groups excluding carboxylic acids is 1. The van der Waals surface area contributed by atoms with Crippen LogP contribution >= 0.6 is 23.2 Å².